The molecule has 0 aromatic heterocycles. The van der Waals surface area contributed by atoms with Gasteiger partial charge in [-0.3, -0.25) is 4.79 Å². The second-order valence-corrected chi connectivity index (χ2v) is 6.01. The molecule has 0 bridgehead atoms. The van der Waals surface area contributed by atoms with E-state index in [1.807, 2.05) is 31.2 Å². The van der Waals surface area contributed by atoms with Crippen molar-refractivity contribution in [3.63, 3.8) is 0 Å². The first-order chi connectivity index (χ1) is 9.59. The van der Waals surface area contributed by atoms with Gasteiger partial charge in [0.05, 0.1) is 5.75 Å². The predicted molar refractivity (Wildman–Crippen MR) is 78.9 cm³/mol. The first kappa shape index (κ1) is 14.9. The van der Waals surface area contributed by atoms with Crippen LogP contribution in [0.5, 0.6) is 0 Å². The summed E-state index contributed by atoms with van der Waals surface area (Å²) in [5.41, 5.74) is 1.14. The number of thioether (sulfide) groups is 1. The Kier molecular flexibility index (Phi) is 5.06. The number of benzene rings is 1. The third-order valence-corrected chi connectivity index (χ3v) is 4.71. The number of hydrogen-bond acceptors (Lipinski definition) is 3. The summed E-state index contributed by atoms with van der Waals surface area (Å²) in [5.74, 6) is -0.668. The number of likely N-dealkylation sites (tertiary alicyclic amines) is 1. The van der Waals surface area contributed by atoms with Crippen LogP contribution in [-0.2, 0) is 9.59 Å². The molecule has 0 aliphatic carbocycles. The van der Waals surface area contributed by atoms with Gasteiger partial charge < -0.3 is 10.0 Å². The van der Waals surface area contributed by atoms with Crippen LogP contribution in [-0.4, -0.2) is 40.2 Å². The highest BCUT2D eigenvalue weighted by atomic mass is 32.2. The molecule has 0 spiro atoms. The molecule has 1 fully saturated rings. The van der Waals surface area contributed by atoms with Crippen LogP contribution in [0.25, 0.3) is 0 Å². The Hall–Kier alpha value is -1.49. The quantitative estimate of drug-likeness (QED) is 0.867. The number of carbonyl (C=O) groups is 2. The lowest BCUT2D eigenvalue weighted by atomic mass is 10.0. The van der Waals surface area contributed by atoms with Crippen LogP contribution in [0.1, 0.15) is 24.8 Å². The zero-order valence-electron chi connectivity index (χ0n) is 11.5. The molecule has 4 nitrogen and oxygen atoms in total. The van der Waals surface area contributed by atoms with E-state index >= 15 is 0 Å². The van der Waals surface area contributed by atoms with E-state index in [-0.39, 0.29) is 5.91 Å². The fourth-order valence-corrected chi connectivity index (χ4v) is 3.34. The molecule has 1 aromatic carbocycles. The highest BCUT2D eigenvalue weighted by Gasteiger charge is 2.31. The van der Waals surface area contributed by atoms with Crippen molar-refractivity contribution in [2.45, 2.75) is 37.1 Å². The summed E-state index contributed by atoms with van der Waals surface area (Å²) in [6.07, 6.45) is 2.34. The van der Waals surface area contributed by atoms with E-state index in [0.29, 0.717) is 18.7 Å². The Morgan fingerprint density at radius 1 is 1.35 bits per heavy atom. The van der Waals surface area contributed by atoms with E-state index in [1.54, 1.807) is 0 Å². The van der Waals surface area contributed by atoms with Gasteiger partial charge in [-0.15, -0.1) is 11.8 Å². The molecule has 1 N–H and O–H groups in total. The molecule has 2 rings (SSSR count). The Labute approximate surface area is 123 Å². The third-order valence-electron chi connectivity index (χ3n) is 3.55. The second kappa shape index (κ2) is 6.79. The molecule has 1 aliphatic rings. The van der Waals surface area contributed by atoms with Gasteiger partial charge in [-0.2, -0.15) is 0 Å². The van der Waals surface area contributed by atoms with Gasteiger partial charge in [0.25, 0.3) is 0 Å². The number of aliphatic carboxylic acids is 1. The summed E-state index contributed by atoms with van der Waals surface area (Å²) < 4.78 is 0. The number of carboxylic acid groups (broad SMARTS) is 1. The van der Waals surface area contributed by atoms with Gasteiger partial charge in [0.2, 0.25) is 5.91 Å². The Morgan fingerprint density at radius 3 is 2.80 bits per heavy atom. The lowest BCUT2D eigenvalue weighted by Crippen LogP contribution is -2.48. The lowest BCUT2D eigenvalue weighted by Gasteiger charge is -2.32. The molecule has 0 unspecified atom stereocenters. The first-order valence-electron chi connectivity index (χ1n) is 6.80. The summed E-state index contributed by atoms with van der Waals surface area (Å²) >= 11 is 1.48. The van der Waals surface area contributed by atoms with Gasteiger partial charge >= 0.3 is 5.97 Å². The maximum atomic E-state index is 12.2. The maximum Gasteiger partial charge on any atom is 0.326 e. The molecular formula is C15H19NO3S. The average Bonchev–Trinajstić information content (AvgIpc) is 2.46. The molecule has 108 valence electrons. The van der Waals surface area contributed by atoms with Crippen LogP contribution in [0, 0.1) is 6.92 Å². The van der Waals surface area contributed by atoms with Gasteiger partial charge in [-0.1, -0.05) is 18.2 Å². The van der Waals surface area contributed by atoms with Crippen LogP contribution in [0.2, 0.25) is 0 Å². The number of hydrogen-bond donors (Lipinski definition) is 1. The van der Waals surface area contributed by atoms with Crippen molar-refractivity contribution in [2.75, 3.05) is 12.3 Å². The van der Waals surface area contributed by atoms with Crippen LogP contribution in [0.4, 0.5) is 0 Å². The standard InChI is InChI=1S/C15H19NO3S/c1-11-6-2-3-8-13(11)20-10-14(17)16-9-5-4-7-12(16)15(18)19/h2-3,6,8,12H,4-5,7,9-10H2,1H3,(H,18,19)/t12-/m0/s1. The number of rotatable bonds is 4. The normalized spacial score (nSPS) is 18.9. The van der Waals surface area contributed by atoms with E-state index in [9.17, 15) is 14.7 Å². The molecule has 1 saturated heterocycles. The van der Waals surface area contributed by atoms with Crippen molar-refractivity contribution < 1.29 is 14.7 Å². The smallest absolute Gasteiger partial charge is 0.326 e. The van der Waals surface area contributed by atoms with E-state index in [2.05, 4.69) is 0 Å². The molecule has 1 heterocycles. The Balaban J connectivity index is 1.97. The first-order valence-corrected chi connectivity index (χ1v) is 7.79. The number of nitrogens with zero attached hydrogens (tertiary/aromatic N) is 1. The molecular weight excluding hydrogens is 274 g/mol. The third kappa shape index (κ3) is 3.54. The minimum Gasteiger partial charge on any atom is -0.480 e. The Morgan fingerprint density at radius 2 is 2.10 bits per heavy atom. The van der Waals surface area contributed by atoms with Gasteiger partial charge in [0, 0.05) is 11.4 Å². The van der Waals surface area contributed by atoms with E-state index in [0.717, 1.165) is 23.3 Å². The van der Waals surface area contributed by atoms with Crippen LogP contribution >= 0.6 is 11.8 Å². The number of amides is 1. The zero-order chi connectivity index (χ0) is 14.5. The van der Waals surface area contributed by atoms with Crippen molar-refractivity contribution in [3.8, 4) is 0 Å². The summed E-state index contributed by atoms with van der Waals surface area (Å²) in [5, 5.41) is 9.19. The zero-order valence-corrected chi connectivity index (χ0v) is 12.4. The fourth-order valence-electron chi connectivity index (χ4n) is 2.43. The van der Waals surface area contributed by atoms with E-state index in [4.69, 9.17) is 0 Å². The van der Waals surface area contributed by atoms with E-state index < -0.39 is 12.0 Å². The molecule has 1 atom stereocenters. The van der Waals surface area contributed by atoms with Crippen molar-refractivity contribution in [3.05, 3.63) is 29.8 Å². The summed E-state index contributed by atoms with van der Waals surface area (Å²) in [7, 11) is 0. The summed E-state index contributed by atoms with van der Waals surface area (Å²) in [4.78, 5) is 26.0. The summed E-state index contributed by atoms with van der Waals surface area (Å²) in [6, 6.07) is 7.26. The van der Waals surface area contributed by atoms with Gasteiger partial charge in [0.15, 0.2) is 0 Å². The number of carbonyl (C=O) groups excluding carboxylic acids is 1. The molecule has 0 radical (unpaired) electrons. The molecule has 1 aliphatic heterocycles. The molecule has 1 amide bonds. The van der Waals surface area contributed by atoms with Crippen LogP contribution in [0.3, 0.4) is 0 Å². The van der Waals surface area contributed by atoms with Crippen molar-refractivity contribution >= 4 is 23.6 Å². The second-order valence-electron chi connectivity index (χ2n) is 4.99. The SMILES string of the molecule is Cc1ccccc1SCC(=O)N1CCCC[C@H]1C(=O)O. The maximum absolute atomic E-state index is 12.2. The van der Waals surface area contributed by atoms with Crippen molar-refractivity contribution in [2.24, 2.45) is 0 Å². The van der Waals surface area contributed by atoms with Gasteiger partial charge in [0.1, 0.15) is 6.04 Å². The highest BCUT2D eigenvalue weighted by Crippen LogP contribution is 2.24. The Bertz CT molecular complexity index is 504. The van der Waals surface area contributed by atoms with Crippen LogP contribution < -0.4 is 0 Å². The minimum atomic E-state index is -0.890. The highest BCUT2D eigenvalue weighted by molar-refractivity contribution is 8.00. The molecule has 0 saturated carbocycles. The van der Waals surface area contributed by atoms with Crippen molar-refractivity contribution in [1.82, 2.24) is 4.90 Å². The molecule has 5 heteroatoms. The van der Waals surface area contributed by atoms with Crippen LogP contribution in [0.15, 0.2) is 29.2 Å². The lowest BCUT2D eigenvalue weighted by molar-refractivity contribution is -0.150. The predicted octanol–water partition coefficient (Wildman–Crippen LogP) is 2.55. The van der Waals surface area contributed by atoms with E-state index in [1.165, 1.54) is 16.7 Å². The number of carboxylic acids is 1. The molecule has 20 heavy (non-hydrogen) atoms. The minimum absolute atomic E-state index is 0.0784. The van der Waals surface area contributed by atoms with Gasteiger partial charge in [-0.05, 0) is 37.8 Å². The molecule has 1 aromatic rings. The fraction of sp³-hybridized carbons (Fsp3) is 0.467. The average molecular weight is 293 g/mol. The number of aryl methyl sites for hydroxylation is 1. The van der Waals surface area contributed by atoms with Crippen molar-refractivity contribution in [1.29, 1.82) is 0 Å². The topological polar surface area (TPSA) is 57.6 Å². The monoisotopic (exact) mass is 293 g/mol. The largest absolute Gasteiger partial charge is 0.480 e. The summed E-state index contributed by atoms with van der Waals surface area (Å²) in [6.45, 7) is 2.57. The van der Waals surface area contributed by atoms with Gasteiger partial charge in [-0.25, -0.2) is 4.79 Å². The number of piperidine rings is 1.